The summed E-state index contributed by atoms with van der Waals surface area (Å²) in [6.45, 7) is 4.74. The number of carbonyl (C=O) groups excluding carboxylic acids is 1. The molecule has 0 aromatic heterocycles. The number of sulfonamides is 1. The van der Waals surface area contributed by atoms with E-state index in [2.05, 4.69) is 5.32 Å². The molecule has 0 saturated carbocycles. The van der Waals surface area contributed by atoms with Crippen molar-refractivity contribution in [2.45, 2.75) is 26.7 Å². The molecular weight excluding hydrogens is 288 g/mol. The molecule has 0 spiro atoms. The van der Waals surface area contributed by atoms with E-state index in [1.807, 2.05) is 32.0 Å². The van der Waals surface area contributed by atoms with Crippen molar-refractivity contribution in [3.05, 3.63) is 29.3 Å². The van der Waals surface area contributed by atoms with E-state index in [0.29, 0.717) is 6.54 Å². The van der Waals surface area contributed by atoms with Crippen molar-refractivity contribution in [3.63, 3.8) is 0 Å². The minimum absolute atomic E-state index is 0.1000. The van der Waals surface area contributed by atoms with E-state index in [4.69, 9.17) is 0 Å². The van der Waals surface area contributed by atoms with Gasteiger partial charge in [-0.05, 0) is 43.9 Å². The molecule has 1 aromatic rings. The van der Waals surface area contributed by atoms with Crippen LogP contribution in [0.5, 0.6) is 0 Å². The third kappa shape index (κ3) is 3.83. The number of nitrogens with zero attached hydrogens (tertiary/aromatic N) is 1. The van der Waals surface area contributed by atoms with E-state index in [1.165, 1.54) is 10.6 Å². The molecule has 2 rings (SSSR count). The topological polar surface area (TPSA) is 66.5 Å². The van der Waals surface area contributed by atoms with Gasteiger partial charge in [-0.25, -0.2) is 12.7 Å². The molecule has 1 aromatic carbocycles. The van der Waals surface area contributed by atoms with Crippen LogP contribution in [-0.4, -0.2) is 38.0 Å². The predicted molar refractivity (Wildman–Crippen MR) is 83.7 cm³/mol. The molecule has 1 heterocycles. The fraction of sp³-hybridized carbons (Fsp3) is 0.533. The Morgan fingerprint density at radius 2 is 2.05 bits per heavy atom. The summed E-state index contributed by atoms with van der Waals surface area (Å²) >= 11 is 0. The molecular formula is C15H22N2O3S. The van der Waals surface area contributed by atoms with Crippen LogP contribution in [0.25, 0.3) is 0 Å². The lowest BCUT2D eigenvalue weighted by Crippen LogP contribution is -2.43. The van der Waals surface area contributed by atoms with Gasteiger partial charge in [0.2, 0.25) is 15.9 Å². The predicted octanol–water partition coefficient (Wildman–Crippen LogP) is 1.91. The number of amides is 1. The molecule has 21 heavy (non-hydrogen) atoms. The highest BCUT2D eigenvalue weighted by molar-refractivity contribution is 7.88. The van der Waals surface area contributed by atoms with Crippen LogP contribution in [0.3, 0.4) is 0 Å². The quantitative estimate of drug-likeness (QED) is 0.927. The van der Waals surface area contributed by atoms with E-state index in [1.54, 1.807) is 0 Å². The summed E-state index contributed by atoms with van der Waals surface area (Å²) in [5.74, 6) is -0.384. The summed E-state index contributed by atoms with van der Waals surface area (Å²) in [5, 5.41) is 2.93. The van der Waals surface area contributed by atoms with Gasteiger partial charge < -0.3 is 5.32 Å². The molecule has 1 aliphatic heterocycles. The number of nitrogens with one attached hydrogen (secondary N) is 1. The standard InChI is InChI=1S/C15H22N2O3S/c1-11-6-4-8-14(12(11)2)16-15(18)13-7-5-9-17(10-13)21(3,19)20/h4,6,8,13H,5,7,9-10H2,1-3H3,(H,16,18). The first-order valence-electron chi connectivity index (χ1n) is 7.11. The number of piperidine rings is 1. The van der Waals surface area contributed by atoms with Crippen LogP contribution >= 0.6 is 0 Å². The Kier molecular flexibility index (Phi) is 4.68. The van der Waals surface area contributed by atoms with Crippen LogP contribution in [0.2, 0.25) is 0 Å². The fourth-order valence-electron chi connectivity index (χ4n) is 2.58. The molecule has 5 nitrogen and oxygen atoms in total. The molecule has 0 aliphatic carbocycles. The first-order valence-corrected chi connectivity index (χ1v) is 8.96. The summed E-state index contributed by atoms with van der Waals surface area (Å²) in [7, 11) is -3.23. The number of aryl methyl sites for hydroxylation is 1. The van der Waals surface area contributed by atoms with E-state index >= 15 is 0 Å². The molecule has 1 aliphatic rings. The second-order valence-corrected chi connectivity index (χ2v) is 7.68. The molecule has 1 unspecified atom stereocenters. The highest BCUT2D eigenvalue weighted by atomic mass is 32.2. The first kappa shape index (κ1) is 16.0. The van der Waals surface area contributed by atoms with E-state index < -0.39 is 10.0 Å². The number of hydrogen-bond acceptors (Lipinski definition) is 3. The third-order valence-corrected chi connectivity index (χ3v) is 5.36. The van der Waals surface area contributed by atoms with Gasteiger partial charge in [0.15, 0.2) is 0 Å². The van der Waals surface area contributed by atoms with Crippen molar-refractivity contribution in [2.24, 2.45) is 5.92 Å². The Morgan fingerprint density at radius 1 is 1.33 bits per heavy atom. The normalized spacial score (nSPS) is 20.2. The summed E-state index contributed by atoms with van der Waals surface area (Å²) in [6.07, 6.45) is 2.64. The monoisotopic (exact) mass is 310 g/mol. The summed E-state index contributed by atoms with van der Waals surface area (Å²) in [4.78, 5) is 12.4. The largest absolute Gasteiger partial charge is 0.326 e. The van der Waals surface area contributed by atoms with Crippen LogP contribution in [-0.2, 0) is 14.8 Å². The molecule has 1 N–H and O–H groups in total. The summed E-state index contributed by atoms with van der Waals surface area (Å²) in [5.41, 5.74) is 2.97. The molecule has 1 saturated heterocycles. The summed E-state index contributed by atoms with van der Waals surface area (Å²) < 4.78 is 24.6. The number of carbonyl (C=O) groups is 1. The second kappa shape index (κ2) is 6.15. The van der Waals surface area contributed by atoms with Crippen molar-refractivity contribution in [1.29, 1.82) is 0 Å². The van der Waals surface area contributed by atoms with Crippen LogP contribution in [0, 0.1) is 19.8 Å². The number of anilines is 1. The van der Waals surface area contributed by atoms with Crippen molar-refractivity contribution >= 4 is 21.6 Å². The Labute approximate surface area is 126 Å². The van der Waals surface area contributed by atoms with Crippen molar-refractivity contribution in [2.75, 3.05) is 24.7 Å². The molecule has 1 amide bonds. The van der Waals surface area contributed by atoms with Gasteiger partial charge in [0.25, 0.3) is 0 Å². The molecule has 0 bridgehead atoms. The maximum absolute atomic E-state index is 12.4. The number of hydrogen-bond donors (Lipinski definition) is 1. The second-order valence-electron chi connectivity index (χ2n) is 5.70. The lowest BCUT2D eigenvalue weighted by Gasteiger charge is -2.30. The minimum atomic E-state index is -3.23. The van der Waals surface area contributed by atoms with Crippen LogP contribution in [0.4, 0.5) is 5.69 Å². The van der Waals surface area contributed by atoms with Crippen molar-refractivity contribution in [1.82, 2.24) is 4.31 Å². The lowest BCUT2D eigenvalue weighted by atomic mass is 9.98. The van der Waals surface area contributed by atoms with Crippen LogP contribution in [0.1, 0.15) is 24.0 Å². The molecule has 116 valence electrons. The van der Waals surface area contributed by atoms with Gasteiger partial charge in [0.05, 0.1) is 12.2 Å². The first-order chi connectivity index (χ1) is 9.79. The molecule has 0 radical (unpaired) electrons. The SMILES string of the molecule is Cc1cccc(NC(=O)C2CCCN(S(C)(=O)=O)C2)c1C. The van der Waals surface area contributed by atoms with Gasteiger partial charge in [0, 0.05) is 18.8 Å². The van der Waals surface area contributed by atoms with Gasteiger partial charge in [-0.15, -0.1) is 0 Å². The molecule has 1 atom stereocenters. The average molecular weight is 310 g/mol. The van der Waals surface area contributed by atoms with Crippen LogP contribution < -0.4 is 5.32 Å². The zero-order valence-electron chi connectivity index (χ0n) is 12.7. The van der Waals surface area contributed by atoms with Gasteiger partial charge in [-0.2, -0.15) is 0 Å². The summed E-state index contributed by atoms with van der Waals surface area (Å²) in [6, 6.07) is 5.77. The van der Waals surface area contributed by atoms with Gasteiger partial charge in [-0.1, -0.05) is 12.1 Å². The smallest absolute Gasteiger partial charge is 0.228 e. The number of benzene rings is 1. The number of rotatable bonds is 3. The maximum atomic E-state index is 12.4. The zero-order chi connectivity index (χ0) is 15.6. The van der Waals surface area contributed by atoms with Crippen molar-refractivity contribution in [3.8, 4) is 0 Å². The highest BCUT2D eigenvalue weighted by Gasteiger charge is 2.30. The van der Waals surface area contributed by atoms with E-state index in [0.717, 1.165) is 29.7 Å². The Morgan fingerprint density at radius 3 is 2.71 bits per heavy atom. The Bertz CT molecular complexity index is 640. The fourth-order valence-corrected chi connectivity index (χ4v) is 3.49. The Balaban J connectivity index is 2.08. The molecule has 6 heteroatoms. The lowest BCUT2D eigenvalue weighted by molar-refractivity contribution is -0.120. The Hall–Kier alpha value is -1.40. The highest BCUT2D eigenvalue weighted by Crippen LogP contribution is 2.23. The minimum Gasteiger partial charge on any atom is -0.326 e. The van der Waals surface area contributed by atoms with Crippen LogP contribution in [0.15, 0.2) is 18.2 Å². The third-order valence-electron chi connectivity index (χ3n) is 4.09. The van der Waals surface area contributed by atoms with Gasteiger partial charge in [-0.3, -0.25) is 4.79 Å². The van der Waals surface area contributed by atoms with Gasteiger partial charge >= 0.3 is 0 Å². The van der Waals surface area contributed by atoms with E-state index in [9.17, 15) is 13.2 Å². The maximum Gasteiger partial charge on any atom is 0.228 e. The van der Waals surface area contributed by atoms with Gasteiger partial charge in [0.1, 0.15) is 0 Å². The zero-order valence-corrected chi connectivity index (χ0v) is 13.5. The average Bonchev–Trinajstić information content (AvgIpc) is 2.43. The van der Waals surface area contributed by atoms with Crippen molar-refractivity contribution < 1.29 is 13.2 Å². The van der Waals surface area contributed by atoms with E-state index in [-0.39, 0.29) is 18.4 Å². The molecule has 1 fully saturated rings.